The predicted molar refractivity (Wildman–Crippen MR) is 45.2 cm³/mol. The van der Waals surface area contributed by atoms with Crippen molar-refractivity contribution in [2.45, 2.75) is 6.04 Å². The molecule has 0 heterocycles. The molecule has 0 aromatic heterocycles. The zero-order valence-electron chi connectivity index (χ0n) is 6.50. The van der Waals surface area contributed by atoms with Crippen molar-refractivity contribution in [3.8, 4) is 5.75 Å². The highest BCUT2D eigenvalue weighted by Gasteiger charge is 2.10. The molecule has 3 heteroatoms. The van der Waals surface area contributed by atoms with E-state index in [9.17, 15) is 9.50 Å². The summed E-state index contributed by atoms with van der Waals surface area (Å²) in [7, 11) is 0. The number of phenolic OH excluding ortho intramolecular Hbond substituents is 1. The Kier molecular flexibility index (Phi) is 2.45. The van der Waals surface area contributed by atoms with Gasteiger partial charge in [-0.05, 0) is 6.07 Å². The molecule has 0 spiro atoms. The minimum absolute atomic E-state index is 0.352. The summed E-state index contributed by atoms with van der Waals surface area (Å²) in [6.07, 6.45) is 1.44. The van der Waals surface area contributed by atoms with Gasteiger partial charge in [0, 0.05) is 5.56 Å². The van der Waals surface area contributed by atoms with Crippen LogP contribution in [-0.4, -0.2) is 5.11 Å². The van der Waals surface area contributed by atoms with Gasteiger partial charge in [-0.15, -0.1) is 6.58 Å². The van der Waals surface area contributed by atoms with Crippen LogP contribution in [-0.2, 0) is 0 Å². The fraction of sp³-hybridized carbons (Fsp3) is 0.111. The molecule has 0 bridgehead atoms. The summed E-state index contributed by atoms with van der Waals surface area (Å²) in [5, 5.41) is 9.20. The van der Waals surface area contributed by atoms with Gasteiger partial charge >= 0.3 is 0 Å². The van der Waals surface area contributed by atoms with Crippen LogP contribution in [0.4, 0.5) is 4.39 Å². The maximum absolute atomic E-state index is 12.7. The van der Waals surface area contributed by atoms with Crippen molar-refractivity contribution in [3.05, 3.63) is 42.2 Å². The third kappa shape index (κ3) is 1.46. The van der Waals surface area contributed by atoms with Crippen molar-refractivity contribution in [2.24, 2.45) is 5.73 Å². The van der Waals surface area contributed by atoms with Crippen molar-refractivity contribution in [3.63, 3.8) is 0 Å². The Bertz CT molecular complexity index is 299. The standard InChI is InChI=1S/C9H10FNO/c1-2-8(11)6-4-3-5-7(10)9(6)12/h2-5,8,12H,1,11H2. The van der Waals surface area contributed by atoms with Gasteiger partial charge < -0.3 is 10.8 Å². The van der Waals surface area contributed by atoms with E-state index in [-0.39, 0.29) is 0 Å². The fourth-order valence-corrected chi connectivity index (χ4v) is 0.928. The summed E-state index contributed by atoms with van der Waals surface area (Å²) in [4.78, 5) is 0. The van der Waals surface area contributed by atoms with Gasteiger partial charge in [-0.1, -0.05) is 18.2 Å². The van der Waals surface area contributed by atoms with E-state index in [0.717, 1.165) is 0 Å². The lowest BCUT2D eigenvalue weighted by molar-refractivity contribution is 0.424. The number of para-hydroxylation sites is 1. The number of hydrogen-bond acceptors (Lipinski definition) is 2. The molecular formula is C9H10FNO. The van der Waals surface area contributed by atoms with Gasteiger partial charge in [0.15, 0.2) is 11.6 Å². The van der Waals surface area contributed by atoms with Gasteiger partial charge in [-0.2, -0.15) is 0 Å². The minimum Gasteiger partial charge on any atom is -0.505 e. The molecule has 0 saturated heterocycles. The van der Waals surface area contributed by atoms with Crippen LogP contribution in [0.5, 0.6) is 5.75 Å². The second kappa shape index (κ2) is 3.36. The first-order valence-electron chi connectivity index (χ1n) is 3.52. The second-order valence-electron chi connectivity index (χ2n) is 2.44. The fourth-order valence-electron chi connectivity index (χ4n) is 0.928. The third-order valence-corrected chi connectivity index (χ3v) is 1.63. The molecule has 0 aliphatic rings. The molecule has 0 fully saturated rings. The van der Waals surface area contributed by atoms with E-state index >= 15 is 0 Å². The quantitative estimate of drug-likeness (QED) is 0.659. The van der Waals surface area contributed by atoms with Gasteiger partial charge in [0.2, 0.25) is 0 Å². The number of aromatic hydroxyl groups is 1. The van der Waals surface area contributed by atoms with Crippen molar-refractivity contribution in [1.82, 2.24) is 0 Å². The third-order valence-electron chi connectivity index (χ3n) is 1.63. The second-order valence-corrected chi connectivity index (χ2v) is 2.44. The van der Waals surface area contributed by atoms with Gasteiger partial charge in [0.1, 0.15) is 0 Å². The highest BCUT2D eigenvalue weighted by atomic mass is 19.1. The van der Waals surface area contributed by atoms with Crippen molar-refractivity contribution in [1.29, 1.82) is 0 Å². The molecule has 12 heavy (non-hydrogen) atoms. The van der Waals surface area contributed by atoms with E-state index in [0.29, 0.717) is 5.56 Å². The Labute approximate surface area is 70.1 Å². The molecule has 2 nitrogen and oxygen atoms in total. The highest BCUT2D eigenvalue weighted by Crippen LogP contribution is 2.25. The molecule has 0 amide bonds. The molecular weight excluding hydrogens is 157 g/mol. The van der Waals surface area contributed by atoms with E-state index in [1.54, 1.807) is 6.07 Å². The first-order chi connectivity index (χ1) is 5.66. The van der Waals surface area contributed by atoms with Gasteiger partial charge in [0.05, 0.1) is 6.04 Å². The van der Waals surface area contributed by atoms with Gasteiger partial charge in [0.25, 0.3) is 0 Å². The SMILES string of the molecule is C=CC(N)c1cccc(F)c1O. The average molecular weight is 167 g/mol. The van der Waals surface area contributed by atoms with Crippen LogP contribution in [0.25, 0.3) is 0 Å². The summed E-state index contributed by atoms with van der Waals surface area (Å²) >= 11 is 0. The smallest absolute Gasteiger partial charge is 0.165 e. The number of benzene rings is 1. The maximum Gasteiger partial charge on any atom is 0.165 e. The summed E-state index contributed by atoms with van der Waals surface area (Å²) in [6, 6.07) is 3.70. The van der Waals surface area contributed by atoms with Gasteiger partial charge in [-0.25, -0.2) is 4.39 Å². The average Bonchev–Trinajstić information content (AvgIpc) is 2.08. The molecule has 1 atom stereocenters. The van der Waals surface area contributed by atoms with Crippen LogP contribution in [0.3, 0.4) is 0 Å². The van der Waals surface area contributed by atoms with Crippen LogP contribution in [0, 0.1) is 5.82 Å². The largest absolute Gasteiger partial charge is 0.505 e. The Hall–Kier alpha value is -1.35. The lowest BCUT2D eigenvalue weighted by Gasteiger charge is -2.08. The Morgan fingerprint density at radius 2 is 2.25 bits per heavy atom. The molecule has 1 aromatic rings. The van der Waals surface area contributed by atoms with Crippen LogP contribution in [0.1, 0.15) is 11.6 Å². The molecule has 0 aliphatic carbocycles. The summed E-state index contributed by atoms with van der Waals surface area (Å²) < 4.78 is 12.7. The predicted octanol–water partition coefficient (Wildman–Crippen LogP) is 1.72. The van der Waals surface area contributed by atoms with Crippen molar-refractivity contribution < 1.29 is 9.50 Å². The number of hydrogen-bond donors (Lipinski definition) is 2. The lowest BCUT2D eigenvalue weighted by atomic mass is 10.1. The Balaban J connectivity index is 3.15. The maximum atomic E-state index is 12.7. The van der Waals surface area contributed by atoms with Crippen molar-refractivity contribution in [2.75, 3.05) is 0 Å². The topological polar surface area (TPSA) is 46.2 Å². The minimum atomic E-state index is -0.662. The van der Waals surface area contributed by atoms with Crippen LogP contribution < -0.4 is 5.73 Å². The summed E-state index contributed by atoms with van der Waals surface area (Å²) in [6.45, 7) is 3.45. The number of phenols is 1. The highest BCUT2D eigenvalue weighted by molar-refractivity contribution is 5.37. The molecule has 64 valence electrons. The van der Waals surface area contributed by atoms with Crippen LogP contribution in [0.2, 0.25) is 0 Å². The van der Waals surface area contributed by atoms with E-state index in [1.165, 1.54) is 18.2 Å². The first kappa shape index (κ1) is 8.74. The summed E-state index contributed by atoms with van der Waals surface area (Å²) in [5.74, 6) is -1.06. The van der Waals surface area contributed by atoms with Gasteiger partial charge in [-0.3, -0.25) is 0 Å². The molecule has 1 unspecified atom stereocenters. The molecule has 0 radical (unpaired) electrons. The summed E-state index contributed by atoms with van der Waals surface area (Å²) in [5.41, 5.74) is 5.87. The molecule has 0 aliphatic heterocycles. The Morgan fingerprint density at radius 1 is 1.58 bits per heavy atom. The van der Waals surface area contributed by atoms with Crippen LogP contribution >= 0.6 is 0 Å². The van der Waals surface area contributed by atoms with E-state index < -0.39 is 17.6 Å². The van der Waals surface area contributed by atoms with Crippen LogP contribution in [0.15, 0.2) is 30.9 Å². The monoisotopic (exact) mass is 167 g/mol. The van der Waals surface area contributed by atoms with E-state index in [2.05, 4.69) is 6.58 Å². The zero-order chi connectivity index (χ0) is 9.14. The lowest BCUT2D eigenvalue weighted by Crippen LogP contribution is -2.06. The molecule has 1 rings (SSSR count). The number of rotatable bonds is 2. The number of nitrogens with two attached hydrogens (primary N) is 1. The first-order valence-corrected chi connectivity index (χ1v) is 3.52. The molecule has 0 saturated carbocycles. The van der Waals surface area contributed by atoms with E-state index in [4.69, 9.17) is 5.73 Å². The zero-order valence-corrected chi connectivity index (χ0v) is 6.50. The molecule has 1 aromatic carbocycles. The number of halogens is 1. The van der Waals surface area contributed by atoms with Crippen molar-refractivity contribution >= 4 is 0 Å². The Morgan fingerprint density at radius 3 is 2.83 bits per heavy atom. The molecule has 3 N–H and O–H groups in total. The normalized spacial score (nSPS) is 12.5. The van der Waals surface area contributed by atoms with E-state index in [1.807, 2.05) is 0 Å².